The van der Waals surface area contributed by atoms with E-state index in [0.717, 1.165) is 38.9 Å². The van der Waals surface area contributed by atoms with Crippen LogP contribution in [0.4, 0.5) is 0 Å². The second kappa shape index (κ2) is 6.34. The van der Waals surface area contributed by atoms with Crippen molar-refractivity contribution >= 4 is 5.91 Å². The number of nitrogens with zero attached hydrogens (tertiary/aromatic N) is 4. The van der Waals surface area contributed by atoms with Gasteiger partial charge in [0.2, 0.25) is 11.8 Å². The first kappa shape index (κ1) is 15.4. The molecule has 0 aromatic carbocycles. The molecule has 0 saturated carbocycles. The molecule has 0 aliphatic carbocycles. The van der Waals surface area contributed by atoms with E-state index < -0.39 is 0 Å². The van der Waals surface area contributed by atoms with Gasteiger partial charge < -0.3 is 14.2 Å². The number of likely N-dealkylation sites (tertiary alicyclic amines) is 2. The van der Waals surface area contributed by atoms with Gasteiger partial charge in [-0.1, -0.05) is 5.16 Å². The first-order valence-electron chi connectivity index (χ1n) is 7.93. The fraction of sp³-hybridized carbons (Fsp3) is 0.800. The van der Waals surface area contributed by atoms with E-state index in [2.05, 4.69) is 15.0 Å². The maximum absolute atomic E-state index is 12.8. The van der Waals surface area contributed by atoms with Crippen molar-refractivity contribution in [3.8, 4) is 0 Å². The van der Waals surface area contributed by atoms with Crippen LogP contribution in [0.1, 0.15) is 31.0 Å². The third-order valence-electron chi connectivity index (χ3n) is 4.75. The Kier molecular flexibility index (Phi) is 4.44. The number of rotatable bonds is 5. The molecule has 2 aliphatic heterocycles. The number of aryl methyl sites for hydroxylation is 1. The molecule has 2 saturated heterocycles. The summed E-state index contributed by atoms with van der Waals surface area (Å²) >= 11 is 0. The third-order valence-corrected chi connectivity index (χ3v) is 4.75. The van der Waals surface area contributed by atoms with Crippen molar-refractivity contribution in [3.05, 3.63) is 11.7 Å². The average molecular weight is 308 g/mol. The fourth-order valence-corrected chi connectivity index (χ4v) is 3.63. The highest BCUT2D eigenvalue weighted by atomic mass is 16.5. The molecule has 2 aliphatic rings. The summed E-state index contributed by atoms with van der Waals surface area (Å²) in [6.45, 7) is 6.30. The lowest BCUT2D eigenvalue weighted by Gasteiger charge is -2.39. The molecule has 0 radical (unpaired) electrons. The Bertz CT molecular complexity index is 533. The summed E-state index contributed by atoms with van der Waals surface area (Å²) in [4.78, 5) is 21.3. The minimum atomic E-state index is -0.221. The van der Waals surface area contributed by atoms with E-state index in [4.69, 9.17) is 9.26 Å². The van der Waals surface area contributed by atoms with Crippen LogP contribution < -0.4 is 0 Å². The zero-order chi connectivity index (χ0) is 15.6. The minimum Gasteiger partial charge on any atom is -0.383 e. The number of aromatic nitrogens is 2. The van der Waals surface area contributed by atoms with Gasteiger partial charge in [0.05, 0.1) is 18.6 Å². The molecule has 0 bridgehead atoms. The van der Waals surface area contributed by atoms with Gasteiger partial charge in [-0.3, -0.25) is 9.69 Å². The summed E-state index contributed by atoms with van der Waals surface area (Å²) in [6, 6.07) is 0. The van der Waals surface area contributed by atoms with Crippen molar-refractivity contribution in [2.24, 2.45) is 5.41 Å². The van der Waals surface area contributed by atoms with Gasteiger partial charge in [-0.2, -0.15) is 4.98 Å². The summed E-state index contributed by atoms with van der Waals surface area (Å²) in [5.41, 5.74) is -0.221. The highest BCUT2D eigenvalue weighted by Crippen LogP contribution is 2.40. The number of hydrogen-bond donors (Lipinski definition) is 0. The second-order valence-electron chi connectivity index (χ2n) is 6.36. The highest BCUT2D eigenvalue weighted by molar-refractivity contribution is 5.84. The predicted molar refractivity (Wildman–Crippen MR) is 79.1 cm³/mol. The SMILES string of the molecule is COCCN1CCC[C@@]2(CCN(Cc3nc(C)no3)C2)C1=O. The largest absolute Gasteiger partial charge is 0.383 e. The van der Waals surface area contributed by atoms with E-state index >= 15 is 0 Å². The first-order chi connectivity index (χ1) is 10.6. The lowest BCUT2D eigenvalue weighted by molar-refractivity contribution is -0.146. The Morgan fingerprint density at radius 3 is 2.95 bits per heavy atom. The molecule has 2 fully saturated rings. The fourth-order valence-electron chi connectivity index (χ4n) is 3.63. The molecule has 0 N–H and O–H groups in total. The van der Waals surface area contributed by atoms with Crippen molar-refractivity contribution < 1.29 is 14.1 Å². The zero-order valence-corrected chi connectivity index (χ0v) is 13.4. The van der Waals surface area contributed by atoms with Crippen molar-refractivity contribution in [3.63, 3.8) is 0 Å². The maximum atomic E-state index is 12.8. The molecule has 1 aromatic rings. The molecule has 7 heteroatoms. The number of ether oxygens (including phenoxy) is 1. The van der Waals surface area contributed by atoms with E-state index in [-0.39, 0.29) is 5.41 Å². The zero-order valence-electron chi connectivity index (χ0n) is 13.4. The number of methoxy groups -OCH3 is 1. The maximum Gasteiger partial charge on any atom is 0.240 e. The van der Waals surface area contributed by atoms with Crippen LogP contribution in [0.5, 0.6) is 0 Å². The van der Waals surface area contributed by atoms with E-state index in [1.807, 2.05) is 11.8 Å². The molecule has 3 heterocycles. The monoisotopic (exact) mass is 308 g/mol. The van der Waals surface area contributed by atoms with Crippen LogP contribution in [0.25, 0.3) is 0 Å². The quantitative estimate of drug-likeness (QED) is 0.802. The molecule has 3 rings (SSSR count). The van der Waals surface area contributed by atoms with Crippen molar-refractivity contribution in [2.45, 2.75) is 32.7 Å². The highest BCUT2D eigenvalue weighted by Gasteiger charge is 2.48. The van der Waals surface area contributed by atoms with Crippen LogP contribution in [0, 0.1) is 12.3 Å². The molecule has 1 aromatic heterocycles. The Morgan fingerprint density at radius 2 is 2.23 bits per heavy atom. The number of carbonyl (C=O) groups is 1. The Morgan fingerprint density at radius 1 is 1.36 bits per heavy atom. The molecule has 1 atom stereocenters. The molecule has 122 valence electrons. The molecule has 1 spiro atoms. The second-order valence-corrected chi connectivity index (χ2v) is 6.36. The lowest BCUT2D eigenvalue weighted by Crippen LogP contribution is -2.50. The van der Waals surface area contributed by atoms with Gasteiger partial charge >= 0.3 is 0 Å². The third kappa shape index (κ3) is 3.01. The molecule has 0 unspecified atom stereocenters. The molecular formula is C15H24N4O3. The number of carbonyl (C=O) groups excluding carboxylic acids is 1. The van der Waals surface area contributed by atoms with Gasteiger partial charge in [-0.25, -0.2) is 0 Å². The number of hydrogen-bond acceptors (Lipinski definition) is 6. The number of piperidine rings is 1. The smallest absolute Gasteiger partial charge is 0.240 e. The molecular weight excluding hydrogens is 284 g/mol. The molecule has 22 heavy (non-hydrogen) atoms. The summed E-state index contributed by atoms with van der Waals surface area (Å²) in [5.74, 6) is 1.58. The van der Waals surface area contributed by atoms with Crippen molar-refractivity contribution in [1.82, 2.24) is 19.9 Å². The van der Waals surface area contributed by atoms with Crippen LogP contribution in [0.15, 0.2) is 4.52 Å². The summed E-state index contributed by atoms with van der Waals surface area (Å²) < 4.78 is 10.3. The van der Waals surface area contributed by atoms with Gasteiger partial charge in [-0.05, 0) is 32.7 Å². The predicted octanol–water partition coefficient (Wildman–Crippen LogP) is 0.839. The van der Waals surface area contributed by atoms with Gasteiger partial charge in [0, 0.05) is 26.7 Å². The van der Waals surface area contributed by atoms with E-state index in [9.17, 15) is 4.79 Å². The summed E-state index contributed by atoms with van der Waals surface area (Å²) in [5, 5.41) is 3.82. The minimum absolute atomic E-state index is 0.221. The lowest BCUT2D eigenvalue weighted by atomic mass is 9.78. The van der Waals surface area contributed by atoms with Gasteiger partial charge in [-0.15, -0.1) is 0 Å². The average Bonchev–Trinajstić information content (AvgIpc) is 3.09. The molecule has 7 nitrogen and oxygen atoms in total. The van der Waals surface area contributed by atoms with Crippen LogP contribution in [0.3, 0.4) is 0 Å². The van der Waals surface area contributed by atoms with Gasteiger partial charge in [0.25, 0.3) is 0 Å². The van der Waals surface area contributed by atoms with Crippen molar-refractivity contribution in [2.75, 3.05) is 39.9 Å². The molecule has 1 amide bonds. The van der Waals surface area contributed by atoms with E-state index in [1.165, 1.54) is 0 Å². The topological polar surface area (TPSA) is 71.7 Å². The standard InChI is InChI=1S/C15H24N4O3/c1-12-16-13(22-17-12)10-18-7-5-15(11-18)4-3-6-19(14(15)20)8-9-21-2/h3-11H2,1-2H3/t15-/m0/s1. The first-order valence-corrected chi connectivity index (χ1v) is 7.93. The summed E-state index contributed by atoms with van der Waals surface area (Å²) in [7, 11) is 1.67. The van der Waals surface area contributed by atoms with Crippen LogP contribution in [-0.2, 0) is 16.1 Å². The van der Waals surface area contributed by atoms with Crippen LogP contribution in [-0.4, -0.2) is 65.7 Å². The normalized spacial score (nSPS) is 26.3. The van der Waals surface area contributed by atoms with Crippen molar-refractivity contribution in [1.29, 1.82) is 0 Å². The Hall–Kier alpha value is -1.47. The Balaban J connectivity index is 1.63. The van der Waals surface area contributed by atoms with Crippen LogP contribution >= 0.6 is 0 Å². The van der Waals surface area contributed by atoms with Crippen LogP contribution in [0.2, 0.25) is 0 Å². The summed E-state index contributed by atoms with van der Waals surface area (Å²) in [6.07, 6.45) is 2.97. The van der Waals surface area contributed by atoms with Gasteiger partial charge in [0.1, 0.15) is 0 Å². The van der Waals surface area contributed by atoms with Gasteiger partial charge in [0.15, 0.2) is 5.82 Å². The Labute approximate surface area is 130 Å². The van der Waals surface area contributed by atoms with E-state index in [1.54, 1.807) is 7.11 Å². The number of amides is 1. The van der Waals surface area contributed by atoms with E-state index in [0.29, 0.717) is 37.3 Å².